The summed E-state index contributed by atoms with van der Waals surface area (Å²) in [4.78, 5) is 12.0. The Bertz CT molecular complexity index is 531. The van der Waals surface area contributed by atoms with Crippen LogP contribution < -0.4 is 5.32 Å². The Morgan fingerprint density at radius 1 is 1.41 bits per heavy atom. The highest BCUT2D eigenvalue weighted by Crippen LogP contribution is 2.11. The summed E-state index contributed by atoms with van der Waals surface area (Å²) in [5.41, 5.74) is 2.50. The second kappa shape index (κ2) is 4.82. The first kappa shape index (κ1) is 11.4. The smallest absolute Gasteiger partial charge is 0.273 e. The average molecular weight is 229 g/mol. The second-order valence-electron chi connectivity index (χ2n) is 3.86. The molecule has 0 fully saturated rings. The highest BCUT2D eigenvalue weighted by Gasteiger charge is 2.10. The van der Waals surface area contributed by atoms with E-state index in [1.807, 2.05) is 38.1 Å². The number of benzene rings is 1. The monoisotopic (exact) mass is 229 g/mol. The van der Waals surface area contributed by atoms with Crippen molar-refractivity contribution < 1.29 is 4.79 Å². The van der Waals surface area contributed by atoms with Gasteiger partial charge in [-0.25, -0.2) is 0 Å². The molecule has 0 radical (unpaired) electrons. The van der Waals surface area contributed by atoms with Crippen LogP contribution >= 0.6 is 0 Å². The van der Waals surface area contributed by atoms with Crippen molar-refractivity contribution >= 4 is 11.6 Å². The zero-order valence-electron chi connectivity index (χ0n) is 9.97. The molecule has 0 saturated heterocycles. The van der Waals surface area contributed by atoms with Crippen LogP contribution in [0.1, 0.15) is 23.0 Å². The molecule has 0 bridgehead atoms. The van der Waals surface area contributed by atoms with Gasteiger partial charge in [-0.05, 0) is 37.6 Å². The van der Waals surface area contributed by atoms with Crippen molar-refractivity contribution in [3.8, 4) is 0 Å². The Morgan fingerprint density at radius 2 is 2.24 bits per heavy atom. The van der Waals surface area contributed by atoms with Crippen molar-refractivity contribution in [2.75, 3.05) is 5.32 Å². The maximum atomic E-state index is 12.0. The number of aryl methyl sites for hydroxylation is 2. The van der Waals surface area contributed by atoms with E-state index in [9.17, 15) is 4.79 Å². The number of aromatic nitrogens is 2. The van der Waals surface area contributed by atoms with E-state index in [2.05, 4.69) is 10.4 Å². The summed E-state index contributed by atoms with van der Waals surface area (Å²) in [6.45, 7) is 4.63. The minimum atomic E-state index is -0.130. The second-order valence-corrected chi connectivity index (χ2v) is 3.86. The van der Waals surface area contributed by atoms with Gasteiger partial charge in [0.25, 0.3) is 5.91 Å². The van der Waals surface area contributed by atoms with Crippen LogP contribution in [-0.4, -0.2) is 15.7 Å². The van der Waals surface area contributed by atoms with E-state index >= 15 is 0 Å². The summed E-state index contributed by atoms with van der Waals surface area (Å²) in [5, 5.41) is 6.93. The standard InChI is InChI=1S/C13H15N3O/c1-3-16-12(7-8-14-16)13(17)15-11-6-4-5-10(2)9-11/h4-9H,3H2,1-2H3,(H,15,17). The van der Waals surface area contributed by atoms with Crippen molar-refractivity contribution in [3.63, 3.8) is 0 Å². The Balaban J connectivity index is 2.17. The van der Waals surface area contributed by atoms with Crippen LogP contribution in [0.5, 0.6) is 0 Å². The Kier molecular flexibility index (Phi) is 3.23. The predicted molar refractivity (Wildman–Crippen MR) is 67.0 cm³/mol. The van der Waals surface area contributed by atoms with Gasteiger partial charge in [-0.1, -0.05) is 12.1 Å². The number of rotatable bonds is 3. The first-order valence-corrected chi connectivity index (χ1v) is 5.60. The van der Waals surface area contributed by atoms with Crippen molar-refractivity contribution in [2.24, 2.45) is 0 Å². The summed E-state index contributed by atoms with van der Waals surface area (Å²) in [6, 6.07) is 9.44. The number of amides is 1. The predicted octanol–water partition coefficient (Wildman–Crippen LogP) is 2.46. The van der Waals surface area contributed by atoms with Crippen molar-refractivity contribution in [1.29, 1.82) is 0 Å². The van der Waals surface area contributed by atoms with E-state index in [0.29, 0.717) is 12.2 Å². The highest BCUT2D eigenvalue weighted by atomic mass is 16.2. The summed E-state index contributed by atoms with van der Waals surface area (Å²) in [5.74, 6) is -0.130. The summed E-state index contributed by atoms with van der Waals surface area (Å²) < 4.78 is 1.67. The van der Waals surface area contributed by atoms with Gasteiger partial charge < -0.3 is 5.32 Å². The van der Waals surface area contributed by atoms with Crippen LogP contribution in [0.3, 0.4) is 0 Å². The molecular weight excluding hydrogens is 214 g/mol. The van der Waals surface area contributed by atoms with Crippen LogP contribution in [0.2, 0.25) is 0 Å². The zero-order chi connectivity index (χ0) is 12.3. The molecular formula is C13H15N3O. The third-order valence-corrected chi connectivity index (χ3v) is 2.52. The molecule has 2 aromatic rings. The SMILES string of the molecule is CCn1nccc1C(=O)Nc1cccc(C)c1. The molecule has 2 rings (SSSR count). The van der Waals surface area contributed by atoms with Crippen molar-refractivity contribution in [1.82, 2.24) is 9.78 Å². The number of hydrogen-bond acceptors (Lipinski definition) is 2. The Hall–Kier alpha value is -2.10. The quantitative estimate of drug-likeness (QED) is 0.878. The van der Waals surface area contributed by atoms with Crippen molar-refractivity contribution in [2.45, 2.75) is 20.4 Å². The van der Waals surface area contributed by atoms with Gasteiger partial charge in [0, 0.05) is 18.4 Å². The lowest BCUT2D eigenvalue weighted by Crippen LogP contribution is -2.17. The van der Waals surface area contributed by atoms with Gasteiger partial charge in [0.05, 0.1) is 0 Å². The van der Waals surface area contributed by atoms with E-state index < -0.39 is 0 Å². The maximum absolute atomic E-state index is 12.0. The van der Waals surface area contributed by atoms with Gasteiger partial charge in [-0.2, -0.15) is 5.10 Å². The molecule has 0 atom stereocenters. The number of nitrogens with one attached hydrogen (secondary N) is 1. The number of carbonyl (C=O) groups is 1. The van der Waals surface area contributed by atoms with Gasteiger partial charge in [0.2, 0.25) is 0 Å². The van der Waals surface area contributed by atoms with E-state index in [-0.39, 0.29) is 5.91 Å². The van der Waals surface area contributed by atoms with Crippen LogP contribution in [0, 0.1) is 6.92 Å². The van der Waals surface area contributed by atoms with E-state index in [1.165, 1.54) is 0 Å². The number of nitrogens with zero attached hydrogens (tertiary/aromatic N) is 2. The lowest BCUT2D eigenvalue weighted by Gasteiger charge is -2.07. The molecule has 88 valence electrons. The Morgan fingerprint density at radius 3 is 2.94 bits per heavy atom. The summed E-state index contributed by atoms with van der Waals surface area (Å²) >= 11 is 0. The molecule has 1 aromatic carbocycles. The number of hydrogen-bond donors (Lipinski definition) is 1. The van der Waals surface area contributed by atoms with Gasteiger partial charge in [0.1, 0.15) is 5.69 Å². The average Bonchev–Trinajstić information content (AvgIpc) is 2.77. The van der Waals surface area contributed by atoms with Gasteiger partial charge >= 0.3 is 0 Å². The van der Waals surface area contributed by atoms with Crippen LogP contribution in [-0.2, 0) is 6.54 Å². The van der Waals surface area contributed by atoms with Gasteiger partial charge in [-0.15, -0.1) is 0 Å². The maximum Gasteiger partial charge on any atom is 0.273 e. The first-order chi connectivity index (χ1) is 8.20. The largest absolute Gasteiger partial charge is 0.321 e. The zero-order valence-corrected chi connectivity index (χ0v) is 9.97. The molecule has 4 nitrogen and oxygen atoms in total. The number of anilines is 1. The van der Waals surface area contributed by atoms with Crippen LogP contribution in [0.15, 0.2) is 36.5 Å². The molecule has 1 aromatic heterocycles. The third-order valence-electron chi connectivity index (χ3n) is 2.52. The van der Waals surface area contributed by atoms with Gasteiger partial charge in [0.15, 0.2) is 0 Å². The normalized spacial score (nSPS) is 10.2. The molecule has 17 heavy (non-hydrogen) atoms. The fourth-order valence-electron chi connectivity index (χ4n) is 1.70. The lowest BCUT2D eigenvalue weighted by atomic mass is 10.2. The molecule has 0 spiro atoms. The van der Waals surface area contributed by atoms with Crippen LogP contribution in [0.4, 0.5) is 5.69 Å². The van der Waals surface area contributed by atoms with E-state index in [1.54, 1.807) is 16.9 Å². The Labute approximate surface area is 100 Å². The fourth-order valence-corrected chi connectivity index (χ4v) is 1.70. The molecule has 0 aliphatic carbocycles. The third kappa shape index (κ3) is 2.53. The molecule has 4 heteroatoms. The topological polar surface area (TPSA) is 46.9 Å². The summed E-state index contributed by atoms with van der Waals surface area (Å²) in [7, 11) is 0. The molecule has 0 aliphatic heterocycles. The van der Waals surface area contributed by atoms with Crippen molar-refractivity contribution in [3.05, 3.63) is 47.8 Å². The van der Waals surface area contributed by atoms with E-state index in [4.69, 9.17) is 0 Å². The number of carbonyl (C=O) groups excluding carboxylic acids is 1. The molecule has 0 unspecified atom stereocenters. The van der Waals surface area contributed by atoms with Gasteiger partial charge in [-0.3, -0.25) is 9.48 Å². The van der Waals surface area contributed by atoms with Crippen LogP contribution in [0.25, 0.3) is 0 Å². The highest BCUT2D eigenvalue weighted by molar-refractivity contribution is 6.03. The lowest BCUT2D eigenvalue weighted by molar-refractivity contribution is 0.101. The summed E-state index contributed by atoms with van der Waals surface area (Å²) in [6.07, 6.45) is 1.63. The first-order valence-electron chi connectivity index (χ1n) is 5.60. The molecule has 0 aliphatic rings. The fraction of sp³-hybridized carbons (Fsp3) is 0.231. The van der Waals surface area contributed by atoms with E-state index in [0.717, 1.165) is 11.3 Å². The minimum absolute atomic E-state index is 0.130. The molecule has 0 saturated carbocycles. The molecule has 1 N–H and O–H groups in total. The minimum Gasteiger partial charge on any atom is -0.321 e. The molecule has 1 amide bonds. The molecule has 1 heterocycles.